The van der Waals surface area contributed by atoms with Crippen LogP contribution in [0.1, 0.15) is 27.7 Å². The van der Waals surface area contributed by atoms with Crippen molar-refractivity contribution >= 4 is 17.5 Å². The molecule has 0 heterocycles. The number of anilines is 1. The Morgan fingerprint density at radius 1 is 1.09 bits per heavy atom. The van der Waals surface area contributed by atoms with Crippen LogP contribution in [-0.4, -0.2) is 29.8 Å². The predicted molar refractivity (Wildman–Crippen MR) is 81.2 cm³/mol. The van der Waals surface area contributed by atoms with Crippen molar-refractivity contribution in [3.8, 4) is 0 Å². The van der Waals surface area contributed by atoms with E-state index >= 15 is 0 Å². The second-order valence-corrected chi connectivity index (χ2v) is 6.08. The number of hydrogen-bond donors (Lipinski definition) is 1. The molecule has 1 aromatic rings. The van der Waals surface area contributed by atoms with E-state index in [0.717, 1.165) is 18.2 Å². The minimum absolute atomic E-state index is 0.196. The van der Waals surface area contributed by atoms with E-state index in [1.54, 1.807) is 0 Å². The topological polar surface area (TPSA) is 49.4 Å². The number of rotatable bonds is 5. The van der Waals surface area contributed by atoms with E-state index in [1.807, 2.05) is 27.7 Å². The molecule has 1 N–H and O–H groups in total. The van der Waals surface area contributed by atoms with Crippen molar-refractivity contribution in [2.75, 3.05) is 18.4 Å². The van der Waals surface area contributed by atoms with E-state index < -0.39 is 23.4 Å². The highest BCUT2D eigenvalue weighted by Gasteiger charge is 2.24. The zero-order chi connectivity index (χ0) is 16.9. The van der Waals surface area contributed by atoms with E-state index in [0.29, 0.717) is 13.1 Å². The van der Waals surface area contributed by atoms with Gasteiger partial charge in [-0.1, -0.05) is 27.7 Å². The van der Waals surface area contributed by atoms with E-state index in [1.165, 1.54) is 4.90 Å². The van der Waals surface area contributed by atoms with Crippen molar-refractivity contribution < 1.29 is 18.4 Å². The van der Waals surface area contributed by atoms with Crippen LogP contribution in [-0.2, 0) is 9.59 Å². The lowest BCUT2D eigenvalue weighted by molar-refractivity contribution is -0.143. The third-order valence-corrected chi connectivity index (χ3v) is 2.83. The Hall–Kier alpha value is -1.98. The first-order valence-corrected chi connectivity index (χ1v) is 7.26. The molecule has 1 aromatic carbocycles. The molecule has 0 saturated carbocycles. The second kappa shape index (κ2) is 7.87. The lowest BCUT2D eigenvalue weighted by Gasteiger charge is -2.25. The average molecular weight is 312 g/mol. The standard InChI is InChI=1S/C16H22F2N2O2/c1-10(2)8-20(9-11(3)4)16(22)15(21)19-14-7-12(17)5-6-13(14)18/h5-7,10-11H,8-9H2,1-4H3,(H,19,21). The Morgan fingerprint density at radius 3 is 2.14 bits per heavy atom. The molecule has 0 bridgehead atoms. The van der Waals surface area contributed by atoms with Gasteiger partial charge in [-0.3, -0.25) is 9.59 Å². The molecule has 4 nitrogen and oxygen atoms in total. The minimum Gasteiger partial charge on any atom is -0.334 e. The van der Waals surface area contributed by atoms with Crippen molar-refractivity contribution in [3.05, 3.63) is 29.8 Å². The SMILES string of the molecule is CC(C)CN(CC(C)C)C(=O)C(=O)Nc1cc(F)ccc1F. The van der Waals surface area contributed by atoms with Gasteiger partial charge in [-0.05, 0) is 24.0 Å². The third kappa shape index (κ3) is 5.42. The molecule has 0 saturated heterocycles. The van der Waals surface area contributed by atoms with Crippen molar-refractivity contribution in [2.24, 2.45) is 11.8 Å². The molecule has 0 aliphatic carbocycles. The zero-order valence-corrected chi connectivity index (χ0v) is 13.3. The van der Waals surface area contributed by atoms with Gasteiger partial charge in [-0.2, -0.15) is 0 Å². The number of amides is 2. The van der Waals surface area contributed by atoms with Gasteiger partial charge in [0.15, 0.2) is 0 Å². The summed E-state index contributed by atoms with van der Waals surface area (Å²) in [7, 11) is 0. The lowest BCUT2D eigenvalue weighted by Crippen LogP contribution is -2.43. The largest absolute Gasteiger partial charge is 0.334 e. The number of hydrogen-bond acceptors (Lipinski definition) is 2. The maximum atomic E-state index is 13.5. The molecule has 0 aliphatic heterocycles. The second-order valence-electron chi connectivity index (χ2n) is 6.08. The van der Waals surface area contributed by atoms with Crippen LogP contribution in [0.25, 0.3) is 0 Å². The van der Waals surface area contributed by atoms with Gasteiger partial charge in [0, 0.05) is 19.2 Å². The summed E-state index contributed by atoms with van der Waals surface area (Å²) in [6, 6.07) is 2.68. The van der Waals surface area contributed by atoms with Crippen molar-refractivity contribution in [3.63, 3.8) is 0 Å². The van der Waals surface area contributed by atoms with Crippen LogP contribution in [0.3, 0.4) is 0 Å². The van der Waals surface area contributed by atoms with Crippen LogP contribution in [0.5, 0.6) is 0 Å². The highest BCUT2D eigenvalue weighted by Crippen LogP contribution is 2.15. The summed E-state index contributed by atoms with van der Waals surface area (Å²) in [5.41, 5.74) is -0.340. The lowest BCUT2D eigenvalue weighted by atomic mass is 10.1. The van der Waals surface area contributed by atoms with E-state index in [4.69, 9.17) is 0 Å². The van der Waals surface area contributed by atoms with Gasteiger partial charge in [-0.15, -0.1) is 0 Å². The molecule has 22 heavy (non-hydrogen) atoms. The van der Waals surface area contributed by atoms with Gasteiger partial charge in [0.05, 0.1) is 5.69 Å². The van der Waals surface area contributed by atoms with Crippen LogP contribution in [0.15, 0.2) is 18.2 Å². The maximum absolute atomic E-state index is 13.5. The molecule has 0 atom stereocenters. The molecule has 122 valence electrons. The van der Waals surface area contributed by atoms with Gasteiger partial charge in [0.1, 0.15) is 11.6 Å². The fraction of sp³-hybridized carbons (Fsp3) is 0.500. The normalized spacial score (nSPS) is 10.9. The van der Waals surface area contributed by atoms with Gasteiger partial charge in [0.2, 0.25) is 0 Å². The molecule has 6 heteroatoms. The molecule has 0 fully saturated rings. The highest BCUT2D eigenvalue weighted by molar-refractivity contribution is 6.39. The summed E-state index contributed by atoms with van der Waals surface area (Å²) in [5.74, 6) is -2.80. The average Bonchev–Trinajstić information content (AvgIpc) is 2.40. The Balaban J connectivity index is 2.84. The monoisotopic (exact) mass is 312 g/mol. The number of nitrogens with one attached hydrogen (secondary N) is 1. The Bertz CT molecular complexity index is 535. The van der Waals surface area contributed by atoms with Crippen LogP contribution in [0.4, 0.5) is 14.5 Å². The molecule has 0 unspecified atom stereocenters. The van der Waals surface area contributed by atoms with Crippen molar-refractivity contribution in [2.45, 2.75) is 27.7 Å². The van der Waals surface area contributed by atoms with Gasteiger partial charge >= 0.3 is 11.8 Å². The number of benzene rings is 1. The predicted octanol–water partition coefficient (Wildman–Crippen LogP) is 3.04. The van der Waals surface area contributed by atoms with Crippen LogP contribution < -0.4 is 5.32 Å². The zero-order valence-electron chi connectivity index (χ0n) is 13.3. The molecule has 0 aromatic heterocycles. The van der Waals surface area contributed by atoms with Gasteiger partial charge in [-0.25, -0.2) is 8.78 Å². The quantitative estimate of drug-likeness (QED) is 0.850. The third-order valence-electron chi connectivity index (χ3n) is 2.83. The molecular formula is C16H22F2N2O2. The molecular weight excluding hydrogens is 290 g/mol. The van der Waals surface area contributed by atoms with E-state index in [-0.39, 0.29) is 17.5 Å². The summed E-state index contributed by atoms with van der Waals surface area (Å²) in [4.78, 5) is 25.6. The smallest absolute Gasteiger partial charge is 0.313 e. The van der Waals surface area contributed by atoms with Crippen LogP contribution in [0, 0.1) is 23.5 Å². The minimum atomic E-state index is -0.967. The number of carbonyl (C=O) groups is 2. The van der Waals surface area contributed by atoms with Crippen molar-refractivity contribution in [1.29, 1.82) is 0 Å². The highest BCUT2D eigenvalue weighted by atomic mass is 19.1. The van der Waals surface area contributed by atoms with Crippen LogP contribution in [0.2, 0.25) is 0 Å². The summed E-state index contributed by atoms with van der Waals surface area (Å²) in [5, 5.41) is 2.13. The summed E-state index contributed by atoms with van der Waals surface area (Å²) < 4.78 is 26.6. The molecule has 2 amide bonds. The van der Waals surface area contributed by atoms with Crippen molar-refractivity contribution in [1.82, 2.24) is 4.90 Å². The molecule has 0 spiro atoms. The summed E-state index contributed by atoms with van der Waals surface area (Å²) in [6.45, 7) is 8.59. The number of nitrogens with zero attached hydrogens (tertiary/aromatic N) is 1. The fourth-order valence-corrected chi connectivity index (χ4v) is 2.03. The first kappa shape index (κ1) is 18.1. The molecule has 0 radical (unpaired) electrons. The first-order chi connectivity index (χ1) is 10.2. The maximum Gasteiger partial charge on any atom is 0.313 e. The summed E-state index contributed by atoms with van der Waals surface area (Å²) in [6.07, 6.45) is 0. The summed E-state index contributed by atoms with van der Waals surface area (Å²) >= 11 is 0. The molecule has 1 rings (SSSR count). The number of carbonyl (C=O) groups excluding carboxylic acids is 2. The Labute approximate surface area is 129 Å². The first-order valence-electron chi connectivity index (χ1n) is 7.26. The van der Waals surface area contributed by atoms with E-state index in [2.05, 4.69) is 5.32 Å². The van der Waals surface area contributed by atoms with Crippen LogP contribution >= 0.6 is 0 Å². The van der Waals surface area contributed by atoms with Gasteiger partial charge in [0.25, 0.3) is 0 Å². The van der Waals surface area contributed by atoms with E-state index in [9.17, 15) is 18.4 Å². The Kier molecular flexibility index (Phi) is 6.46. The fourth-order valence-electron chi connectivity index (χ4n) is 2.03. The van der Waals surface area contributed by atoms with Gasteiger partial charge < -0.3 is 10.2 Å². The Morgan fingerprint density at radius 2 is 1.64 bits per heavy atom. The number of halogens is 2. The molecule has 0 aliphatic rings.